The van der Waals surface area contributed by atoms with Crippen LogP contribution in [0.1, 0.15) is 25.8 Å². The van der Waals surface area contributed by atoms with Gasteiger partial charge in [0.1, 0.15) is 0 Å². The number of aryl methyl sites for hydroxylation is 2. The molecule has 9 nitrogen and oxygen atoms in total. The first-order valence-corrected chi connectivity index (χ1v) is 11.7. The van der Waals surface area contributed by atoms with E-state index in [4.69, 9.17) is 4.74 Å². The molecule has 11 heteroatoms. The Bertz CT molecular complexity index is 1220. The van der Waals surface area contributed by atoms with Gasteiger partial charge in [0.2, 0.25) is 0 Å². The highest BCUT2D eigenvalue weighted by molar-refractivity contribution is 7.03. The highest BCUT2D eigenvalue weighted by Gasteiger charge is 2.13. The zero-order valence-electron chi connectivity index (χ0n) is 17.6. The number of benzene rings is 1. The van der Waals surface area contributed by atoms with Crippen LogP contribution in [0.2, 0.25) is 0 Å². The van der Waals surface area contributed by atoms with Crippen molar-refractivity contribution in [2.75, 3.05) is 13.2 Å². The first-order chi connectivity index (χ1) is 14.9. The van der Waals surface area contributed by atoms with E-state index in [0.29, 0.717) is 26.1 Å². The molecule has 3 rings (SSSR count). The monoisotopic (exact) mass is 466 g/mol. The molecule has 2 aromatic heterocycles. The molecule has 0 bridgehead atoms. The van der Waals surface area contributed by atoms with Gasteiger partial charge in [0, 0.05) is 42.8 Å². The lowest BCUT2D eigenvalue weighted by Gasteiger charge is -2.11. The second kappa shape index (κ2) is 10.7. The summed E-state index contributed by atoms with van der Waals surface area (Å²) in [6.07, 6.45) is 0.673. The standard InChI is InChI=1S/C20H26N4O5S2/c1-3-23-17(25)21(19(27)30-23)11-12-29-14-15(2)9-10-24-18(26)22(20(28)31-24)13-16-7-5-4-6-8-16/h4-8,15H,3,9-14H2,1-2H3. The van der Waals surface area contributed by atoms with Gasteiger partial charge in [0.15, 0.2) is 0 Å². The molecule has 0 radical (unpaired) electrons. The van der Waals surface area contributed by atoms with Crippen molar-refractivity contribution in [2.24, 2.45) is 5.92 Å². The maximum absolute atomic E-state index is 12.6. The Morgan fingerprint density at radius 2 is 1.55 bits per heavy atom. The van der Waals surface area contributed by atoms with Crippen molar-refractivity contribution in [3.05, 3.63) is 76.2 Å². The summed E-state index contributed by atoms with van der Waals surface area (Å²) in [5, 5.41) is 0. The summed E-state index contributed by atoms with van der Waals surface area (Å²) in [6.45, 7) is 5.92. The maximum Gasteiger partial charge on any atom is 0.341 e. The summed E-state index contributed by atoms with van der Waals surface area (Å²) in [5.74, 6) is 0.151. The number of rotatable bonds is 11. The fourth-order valence-corrected chi connectivity index (χ4v) is 4.64. The van der Waals surface area contributed by atoms with E-state index in [0.717, 1.165) is 28.6 Å². The van der Waals surface area contributed by atoms with Crippen LogP contribution in [-0.4, -0.2) is 30.3 Å². The van der Waals surface area contributed by atoms with E-state index in [2.05, 4.69) is 0 Å². The molecule has 0 aliphatic heterocycles. The van der Waals surface area contributed by atoms with Crippen LogP contribution in [-0.2, 0) is 30.9 Å². The molecule has 0 amide bonds. The molecule has 0 saturated heterocycles. The summed E-state index contributed by atoms with van der Waals surface area (Å²) < 4.78 is 11.0. The van der Waals surface area contributed by atoms with Crippen molar-refractivity contribution < 1.29 is 4.74 Å². The predicted octanol–water partition coefficient (Wildman–Crippen LogP) is 1.27. The van der Waals surface area contributed by atoms with Crippen molar-refractivity contribution in [3.63, 3.8) is 0 Å². The second-order valence-electron chi connectivity index (χ2n) is 7.27. The molecule has 31 heavy (non-hydrogen) atoms. The topological polar surface area (TPSA) is 97.2 Å². The van der Waals surface area contributed by atoms with E-state index in [1.165, 1.54) is 17.0 Å². The van der Waals surface area contributed by atoms with Gasteiger partial charge in [-0.2, -0.15) is 0 Å². The van der Waals surface area contributed by atoms with Gasteiger partial charge in [-0.1, -0.05) is 37.3 Å². The Morgan fingerprint density at radius 1 is 0.903 bits per heavy atom. The lowest BCUT2D eigenvalue weighted by Crippen LogP contribution is -2.30. The van der Waals surface area contributed by atoms with E-state index in [-0.39, 0.29) is 46.7 Å². The van der Waals surface area contributed by atoms with E-state index in [1.807, 2.05) is 44.2 Å². The molecular weight excluding hydrogens is 440 g/mol. The summed E-state index contributed by atoms with van der Waals surface area (Å²) in [4.78, 5) is 48.1. The Kier molecular flexibility index (Phi) is 7.99. The summed E-state index contributed by atoms with van der Waals surface area (Å²) in [7, 11) is 0. The van der Waals surface area contributed by atoms with Crippen LogP contribution in [0.25, 0.3) is 0 Å². The van der Waals surface area contributed by atoms with Crippen LogP contribution < -0.4 is 21.1 Å². The lowest BCUT2D eigenvalue weighted by molar-refractivity contribution is 0.0933. The smallest absolute Gasteiger partial charge is 0.341 e. The number of nitrogens with zero attached hydrogens (tertiary/aromatic N) is 4. The number of aromatic nitrogens is 4. The van der Waals surface area contributed by atoms with Crippen molar-refractivity contribution in [1.82, 2.24) is 17.0 Å². The van der Waals surface area contributed by atoms with Gasteiger partial charge in [-0.3, -0.25) is 9.59 Å². The average Bonchev–Trinajstić information content (AvgIpc) is 3.19. The normalized spacial score (nSPS) is 12.3. The maximum atomic E-state index is 12.6. The van der Waals surface area contributed by atoms with Gasteiger partial charge in [0.25, 0.3) is 0 Å². The van der Waals surface area contributed by atoms with Crippen molar-refractivity contribution in [2.45, 2.75) is 46.4 Å². The van der Waals surface area contributed by atoms with Crippen LogP contribution in [0.4, 0.5) is 0 Å². The first-order valence-electron chi connectivity index (χ1n) is 10.1. The fraction of sp³-hybridized carbons (Fsp3) is 0.500. The molecule has 1 unspecified atom stereocenters. The number of hydrogen-bond donors (Lipinski definition) is 0. The Labute approximate surface area is 186 Å². The molecule has 0 aliphatic carbocycles. The summed E-state index contributed by atoms with van der Waals surface area (Å²) in [5.41, 5.74) is 0.309. The quantitative estimate of drug-likeness (QED) is 0.397. The molecule has 0 fully saturated rings. The summed E-state index contributed by atoms with van der Waals surface area (Å²) >= 11 is 1.85. The van der Waals surface area contributed by atoms with Gasteiger partial charge >= 0.3 is 21.1 Å². The Hall–Kier alpha value is -2.50. The highest BCUT2D eigenvalue weighted by atomic mass is 32.1. The van der Waals surface area contributed by atoms with E-state index < -0.39 is 0 Å². The Morgan fingerprint density at radius 3 is 2.23 bits per heavy atom. The van der Waals surface area contributed by atoms with Crippen LogP contribution in [0.3, 0.4) is 0 Å². The molecule has 168 valence electrons. The summed E-state index contributed by atoms with van der Waals surface area (Å²) in [6, 6.07) is 9.41. The molecule has 1 atom stereocenters. The molecule has 0 N–H and O–H groups in total. The third kappa shape index (κ3) is 5.81. The largest absolute Gasteiger partial charge is 0.379 e. The highest BCUT2D eigenvalue weighted by Crippen LogP contribution is 2.06. The molecule has 0 saturated carbocycles. The van der Waals surface area contributed by atoms with Gasteiger partial charge in [-0.15, -0.1) is 0 Å². The van der Waals surface area contributed by atoms with Crippen LogP contribution in [0.5, 0.6) is 0 Å². The second-order valence-corrected chi connectivity index (χ2v) is 9.21. The van der Waals surface area contributed by atoms with Gasteiger partial charge in [-0.25, -0.2) is 26.6 Å². The molecule has 2 heterocycles. The van der Waals surface area contributed by atoms with E-state index >= 15 is 0 Å². The minimum absolute atomic E-state index is 0.151. The fourth-order valence-electron chi connectivity index (χ4n) is 3.08. The van der Waals surface area contributed by atoms with E-state index in [1.54, 1.807) is 0 Å². The minimum Gasteiger partial charge on any atom is -0.379 e. The Balaban J connectivity index is 1.47. The van der Waals surface area contributed by atoms with Crippen molar-refractivity contribution >= 4 is 23.1 Å². The zero-order chi connectivity index (χ0) is 22.4. The number of hydrogen-bond acceptors (Lipinski definition) is 7. The van der Waals surface area contributed by atoms with Crippen LogP contribution >= 0.6 is 23.1 Å². The minimum atomic E-state index is -0.302. The SMILES string of the molecule is CCn1sc(=O)n(CCOCC(C)CCn2sc(=O)n(Cc3ccccc3)c2=O)c1=O. The van der Waals surface area contributed by atoms with Gasteiger partial charge < -0.3 is 4.74 Å². The lowest BCUT2D eigenvalue weighted by atomic mass is 10.1. The zero-order valence-corrected chi connectivity index (χ0v) is 19.2. The predicted molar refractivity (Wildman–Crippen MR) is 121 cm³/mol. The number of ether oxygens (including phenoxy) is 1. The average molecular weight is 467 g/mol. The molecule has 1 aromatic carbocycles. The third-order valence-electron chi connectivity index (χ3n) is 4.86. The van der Waals surface area contributed by atoms with E-state index in [9.17, 15) is 19.2 Å². The van der Waals surface area contributed by atoms with Crippen LogP contribution in [0, 0.1) is 5.92 Å². The molecular formula is C20H26N4O5S2. The molecule has 0 spiro atoms. The van der Waals surface area contributed by atoms with Crippen LogP contribution in [0.15, 0.2) is 49.5 Å². The molecule has 0 aliphatic rings. The third-order valence-corrected chi connectivity index (χ3v) is 6.81. The van der Waals surface area contributed by atoms with Crippen molar-refractivity contribution in [1.29, 1.82) is 0 Å². The van der Waals surface area contributed by atoms with Gasteiger partial charge in [-0.05, 0) is 24.8 Å². The van der Waals surface area contributed by atoms with Gasteiger partial charge in [0.05, 0.1) is 19.7 Å². The molecule has 3 aromatic rings. The van der Waals surface area contributed by atoms with Crippen molar-refractivity contribution in [3.8, 4) is 0 Å². The first kappa shape index (κ1) is 23.2.